The van der Waals surface area contributed by atoms with Gasteiger partial charge in [-0.25, -0.2) is 0 Å². The summed E-state index contributed by atoms with van der Waals surface area (Å²) in [5.41, 5.74) is 0. The molecule has 0 saturated heterocycles. The maximum absolute atomic E-state index is 14.6. The summed E-state index contributed by atoms with van der Waals surface area (Å²) in [5, 5.41) is 5.51. The molecule has 0 spiro atoms. The second kappa shape index (κ2) is 13.9. The van der Waals surface area contributed by atoms with E-state index < -0.39 is 32.0 Å². The van der Waals surface area contributed by atoms with E-state index in [9.17, 15) is 9.59 Å². The first-order chi connectivity index (χ1) is 23.9. The molecule has 0 fully saturated rings. The van der Waals surface area contributed by atoms with E-state index in [0.717, 1.165) is 31.8 Å². The molecule has 0 saturated carbocycles. The molecule has 0 aliphatic heterocycles. The Hall–Kier alpha value is -4.88. The van der Waals surface area contributed by atoms with Crippen molar-refractivity contribution in [3.63, 3.8) is 0 Å². The van der Waals surface area contributed by atoms with Crippen molar-refractivity contribution < 1.29 is 18.6 Å². The zero-order valence-corrected chi connectivity index (χ0v) is 29.8. The average Bonchev–Trinajstić information content (AvgIpc) is 3.18. The van der Waals surface area contributed by atoms with Gasteiger partial charge < -0.3 is 0 Å². The molecule has 0 N–H and O–H groups in total. The van der Waals surface area contributed by atoms with Crippen molar-refractivity contribution in [2.24, 2.45) is 0 Å². The Kier molecular flexibility index (Phi) is 9.66. The van der Waals surface area contributed by atoms with Gasteiger partial charge in [-0.3, -0.25) is 0 Å². The Morgan fingerprint density at radius 2 is 0.551 bits per heavy atom. The maximum atomic E-state index is 14.6. The number of hydrogen-bond acceptors (Lipinski definition) is 4. The Bertz CT molecular complexity index is 1660. The quantitative estimate of drug-likeness (QED) is 0.0997. The predicted molar refractivity (Wildman–Crippen MR) is 208 cm³/mol. The number of benzene rings is 6. The first kappa shape index (κ1) is 34.0. The molecule has 6 aromatic carbocycles. The fraction of sp³-hybridized carbons (Fsp3) is 0.116. The van der Waals surface area contributed by atoms with E-state index in [-0.39, 0.29) is 0 Å². The summed E-state index contributed by atoms with van der Waals surface area (Å²) in [5.74, 6) is -1.24. The minimum atomic E-state index is -3.93. The summed E-state index contributed by atoms with van der Waals surface area (Å²) in [6.07, 6.45) is 0.475. The minimum absolute atomic E-state index is 0.511. The van der Waals surface area contributed by atoms with E-state index in [1.54, 1.807) is 0 Å². The van der Waals surface area contributed by atoms with Gasteiger partial charge >= 0.3 is 291 Å². The molecule has 49 heavy (non-hydrogen) atoms. The first-order valence-electron chi connectivity index (χ1n) is 16.7. The molecule has 0 bridgehead atoms. The molecule has 0 amide bonds. The van der Waals surface area contributed by atoms with Crippen molar-refractivity contribution in [3.8, 4) is 0 Å². The first-order valence-corrected chi connectivity index (χ1v) is 21.4. The molecule has 6 heteroatoms. The third kappa shape index (κ3) is 5.50. The molecule has 6 aromatic rings. The topological polar surface area (TPSA) is 52.6 Å². The third-order valence-electron chi connectivity index (χ3n) is 9.92. The normalized spacial score (nSPS) is 13.2. The van der Waals surface area contributed by atoms with E-state index in [4.69, 9.17) is 9.05 Å². The number of carbonyl (C=O) groups is 2. The van der Waals surface area contributed by atoms with Gasteiger partial charge in [-0.05, 0) is 0 Å². The predicted octanol–water partition coefficient (Wildman–Crippen LogP) is 7.39. The second-order valence-corrected chi connectivity index (χ2v) is 21.8. The van der Waals surface area contributed by atoms with Crippen LogP contribution in [0.1, 0.15) is 20.3 Å². The van der Waals surface area contributed by atoms with Crippen LogP contribution in [0.4, 0.5) is 0 Å². The van der Waals surface area contributed by atoms with Gasteiger partial charge in [0.2, 0.25) is 0 Å². The van der Waals surface area contributed by atoms with Gasteiger partial charge in [-0.1, -0.05) is 0 Å². The monoisotopic (exact) mass is 684 g/mol. The second-order valence-electron chi connectivity index (χ2n) is 12.2. The van der Waals surface area contributed by atoms with Crippen LogP contribution >= 0.6 is 13.7 Å². The molecule has 0 unspecified atom stereocenters. The van der Waals surface area contributed by atoms with E-state index in [1.807, 2.05) is 182 Å². The van der Waals surface area contributed by atoms with Gasteiger partial charge in [0.15, 0.2) is 0 Å². The van der Waals surface area contributed by atoms with Crippen LogP contribution < -0.4 is 31.8 Å². The molecule has 0 radical (unpaired) electrons. The van der Waals surface area contributed by atoms with Crippen LogP contribution in [0.25, 0.3) is 0 Å². The van der Waals surface area contributed by atoms with E-state index >= 15 is 0 Å². The van der Waals surface area contributed by atoms with Crippen molar-refractivity contribution in [1.82, 2.24) is 0 Å². The Morgan fingerprint density at radius 3 is 0.714 bits per heavy atom. The summed E-state index contributed by atoms with van der Waals surface area (Å²) in [7, 11) is 0. The standard InChI is InChI=1S/C43H42O4P2/c1-3-48(36-23-11-5-12-24-36,37-25-13-6-14-26-37,38-27-15-7-16-28-38)46-42(44)35-43(45)47-49(4-2,39-29-17-8-18-30-39,40-31-19-9-20-32-40)41-33-21-10-22-34-41/h5-34H,3-4,35H2,1-2H3. The van der Waals surface area contributed by atoms with E-state index in [2.05, 4.69) is 13.8 Å². The zero-order chi connectivity index (χ0) is 34.3. The van der Waals surface area contributed by atoms with Crippen LogP contribution in [0.5, 0.6) is 0 Å². The van der Waals surface area contributed by atoms with Crippen molar-refractivity contribution in [2.45, 2.75) is 20.3 Å². The van der Waals surface area contributed by atoms with Gasteiger partial charge in [0.1, 0.15) is 0 Å². The molecule has 0 aliphatic rings. The molecule has 6 rings (SSSR count). The molecular weight excluding hydrogens is 642 g/mol. The Labute approximate surface area is 289 Å². The van der Waals surface area contributed by atoms with Crippen molar-refractivity contribution in [3.05, 3.63) is 182 Å². The van der Waals surface area contributed by atoms with Gasteiger partial charge in [-0.15, -0.1) is 0 Å². The van der Waals surface area contributed by atoms with Gasteiger partial charge in [0.25, 0.3) is 0 Å². The molecule has 4 nitrogen and oxygen atoms in total. The van der Waals surface area contributed by atoms with Crippen LogP contribution in [0.15, 0.2) is 182 Å². The molecule has 0 heterocycles. The third-order valence-corrected chi connectivity index (χ3v) is 21.9. The van der Waals surface area contributed by atoms with Gasteiger partial charge in [-0.2, -0.15) is 0 Å². The summed E-state index contributed by atoms with van der Waals surface area (Å²) < 4.78 is 14.0. The Morgan fingerprint density at radius 1 is 0.367 bits per heavy atom. The van der Waals surface area contributed by atoms with Crippen molar-refractivity contribution >= 4 is 57.4 Å². The molecular formula is C43H42O4P2. The SMILES string of the molecule is CCP(OC(=O)CC(=O)OP(CC)(c1ccccc1)(c1ccccc1)c1ccccc1)(c1ccccc1)(c1ccccc1)c1ccccc1. The van der Waals surface area contributed by atoms with Crippen LogP contribution in [0.3, 0.4) is 0 Å². The van der Waals surface area contributed by atoms with Crippen molar-refractivity contribution in [2.75, 3.05) is 12.3 Å². The summed E-state index contributed by atoms with van der Waals surface area (Å²) in [6, 6.07) is 60.0. The summed E-state index contributed by atoms with van der Waals surface area (Å²) in [4.78, 5) is 29.1. The number of hydrogen-bond donors (Lipinski definition) is 0. The molecule has 248 valence electrons. The van der Waals surface area contributed by atoms with E-state index in [0.29, 0.717) is 12.3 Å². The van der Waals surface area contributed by atoms with Crippen LogP contribution in [-0.4, -0.2) is 24.3 Å². The number of carbonyl (C=O) groups excluding carboxylic acids is 2. The van der Waals surface area contributed by atoms with Gasteiger partial charge in [0, 0.05) is 0 Å². The Balaban J connectivity index is 1.50. The van der Waals surface area contributed by atoms with Crippen LogP contribution in [-0.2, 0) is 18.6 Å². The van der Waals surface area contributed by atoms with E-state index in [1.165, 1.54) is 0 Å². The van der Waals surface area contributed by atoms with Crippen LogP contribution in [0.2, 0.25) is 0 Å². The average molecular weight is 685 g/mol. The van der Waals surface area contributed by atoms with Crippen molar-refractivity contribution in [1.29, 1.82) is 0 Å². The number of rotatable bonds is 12. The fourth-order valence-electron chi connectivity index (χ4n) is 7.53. The van der Waals surface area contributed by atoms with Gasteiger partial charge in [0.05, 0.1) is 0 Å². The fourth-order valence-corrected chi connectivity index (χ4v) is 18.2. The summed E-state index contributed by atoms with van der Waals surface area (Å²) in [6.45, 7) is -3.72. The molecule has 0 aromatic heterocycles. The zero-order valence-electron chi connectivity index (χ0n) is 28.0. The molecule has 0 aliphatic carbocycles. The summed E-state index contributed by atoms with van der Waals surface area (Å²) >= 11 is 0. The molecule has 0 atom stereocenters. The van der Waals surface area contributed by atoms with Crippen LogP contribution in [0, 0.1) is 0 Å².